The Kier molecular flexibility index (Phi) is 5.68. The van der Waals surface area contributed by atoms with Crippen LogP contribution >= 0.6 is 11.3 Å². The number of thiophene rings is 1. The summed E-state index contributed by atoms with van der Waals surface area (Å²) >= 11 is 1.67. The molecule has 1 aromatic heterocycles. The SMILES string of the molecule is CCCC(O)CNCc1sccc1OC. The zero-order valence-electron chi connectivity index (χ0n) is 9.32. The van der Waals surface area contributed by atoms with Crippen LogP contribution in [-0.2, 0) is 6.54 Å². The van der Waals surface area contributed by atoms with Gasteiger partial charge in [-0.3, -0.25) is 0 Å². The number of methoxy groups -OCH3 is 1. The third-order valence-electron chi connectivity index (χ3n) is 2.21. The molecular weight excluding hydrogens is 210 g/mol. The van der Waals surface area contributed by atoms with Gasteiger partial charge in [0.05, 0.1) is 18.1 Å². The summed E-state index contributed by atoms with van der Waals surface area (Å²) in [4.78, 5) is 1.18. The molecule has 0 bridgehead atoms. The molecular formula is C11H19NO2S. The van der Waals surface area contributed by atoms with Crippen molar-refractivity contribution in [1.29, 1.82) is 0 Å². The lowest BCUT2D eigenvalue weighted by atomic mass is 10.2. The van der Waals surface area contributed by atoms with Crippen molar-refractivity contribution >= 4 is 11.3 Å². The Hall–Kier alpha value is -0.580. The maximum Gasteiger partial charge on any atom is 0.134 e. The van der Waals surface area contributed by atoms with E-state index in [4.69, 9.17) is 4.74 Å². The highest BCUT2D eigenvalue weighted by molar-refractivity contribution is 7.10. The van der Waals surface area contributed by atoms with Gasteiger partial charge in [0, 0.05) is 13.1 Å². The molecule has 0 aromatic carbocycles. The Bertz CT molecular complexity index is 275. The molecule has 0 fully saturated rings. The van der Waals surface area contributed by atoms with E-state index in [1.54, 1.807) is 18.4 Å². The first-order valence-corrected chi connectivity index (χ1v) is 6.15. The fourth-order valence-corrected chi connectivity index (χ4v) is 2.24. The second-order valence-corrected chi connectivity index (χ2v) is 4.49. The van der Waals surface area contributed by atoms with Gasteiger partial charge in [-0.1, -0.05) is 13.3 Å². The number of aliphatic hydroxyl groups is 1. The molecule has 1 heterocycles. The average Bonchev–Trinajstić information content (AvgIpc) is 2.66. The Labute approximate surface area is 95.1 Å². The van der Waals surface area contributed by atoms with Gasteiger partial charge < -0.3 is 15.2 Å². The number of rotatable bonds is 7. The van der Waals surface area contributed by atoms with Crippen molar-refractivity contribution in [2.75, 3.05) is 13.7 Å². The van der Waals surface area contributed by atoms with E-state index in [9.17, 15) is 5.11 Å². The summed E-state index contributed by atoms with van der Waals surface area (Å²) in [5.74, 6) is 0.928. The van der Waals surface area contributed by atoms with E-state index in [1.807, 2.05) is 11.4 Å². The highest BCUT2D eigenvalue weighted by Gasteiger charge is 2.05. The lowest BCUT2D eigenvalue weighted by molar-refractivity contribution is 0.160. The largest absolute Gasteiger partial charge is 0.496 e. The van der Waals surface area contributed by atoms with Crippen LogP contribution < -0.4 is 10.1 Å². The van der Waals surface area contributed by atoms with Crippen LogP contribution in [0.3, 0.4) is 0 Å². The number of hydrogen-bond acceptors (Lipinski definition) is 4. The Morgan fingerprint density at radius 2 is 2.40 bits per heavy atom. The molecule has 0 aliphatic carbocycles. The van der Waals surface area contributed by atoms with Crippen LogP contribution in [0.4, 0.5) is 0 Å². The predicted molar refractivity (Wildman–Crippen MR) is 63.5 cm³/mol. The van der Waals surface area contributed by atoms with Gasteiger partial charge in [-0.25, -0.2) is 0 Å². The van der Waals surface area contributed by atoms with Crippen molar-refractivity contribution in [3.63, 3.8) is 0 Å². The molecule has 86 valence electrons. The van der Waals surface area contributed by atoms with Gasteiger partial charge in [0.25, 0.3) is 0 Å². The molecule has 0 amide bonds. The van der Waals surface area contributed by atoms with Crippen LogP contribution in [0.1, 0.15) is 24.6 Å². The smallest absolute Gasteiger partial charge is 0.134 e. The van der Waals surface area contributed by atoms with Crippen molar-refractivity contribution in [2.24, 2.45) is 0 Å². The number of hydrogen-bond donors (Lipinski definition) is 2. The predicted octanol–water partition coefficient (Wildman–Crippen LogP) is 2.01. The van der Waals surface area contributed by atoms with Crippen LogP contribution in [0.2, 0.25) is 0 Å². The van der Waals surface area contributed by atoms with E-state index >= 15 is 0 Å². The summed E-state index contributed by atoms with van der Waals surface area (Å²) in [7, 11) is 1.68. The minimum atomic E-state index is -0.235. The summed E-state index contributed by atoms with van der Waals surface area (Å²) in [5, 5.41) is 14.8. The van der Waals surface area contributed by atoms with Crippen LogP contribution in [-0.4, -0.2) is 24.9 Å². The van der Waals surface area contributed by atoms with Gasteiger partial charge >= 0.3 is 0 Å². The number of aliphatic hydroxyl groups excluding tert-OH is 1. The van der Waals surface area contributed by atoms with Gasteiger partial charge in [0.2, 0.25) is 0 Å². The quantitative estimate of drug-likeness (QED) is 0.751. The molecule has 1 rings (SSSR count). The Morgan fingerprint density at radius 1 is 1.60 bits per heavy atom. The van der Waals surface area contributed by atoms with Crippen molar-refractivity contribution < 1.29 is 9.84 Å². The highest BCUT2D eigenvalue weighted by Crippen LogP contribution is 2.23. The molecule has 3 nitrogen and oxygen atoms in total. The third kappa shape index (κ3) is 4.20. The molecule has 0 saturated carbocycles. The summed E-state index contributed by atoms with van der Waals surface area (Å²) in [6.07, 6.45) is 1.64. The lowest BCUT2D eigenvalue weighted by Crippen LogP contribution is -2.25. The molecule has 1 atom stereocenters. The molecule has 15 heavy (non-hydrogen) atoms. The number of ether oxygens (including phenoxy) is 1. The van der Waals surface area contributed by atoms with Crippen LogP contribution in [0, 0.1) is 0 Å². The van der Waals surface area contributed by atoms with Gasteiger partial charge in [-0.15, -0.1) is 11.3 Å². The van der Waals surface area contributed by atoms with E-state index in [1.165, 1.54) is 4.88 Å². The maximum absolute atomic E-state index is 9.51. The zero-order valence-corrected chi connectivity index (χ0v) is 10.1. The van der Waals surface area contributed by atoms with E-state index in [-0.39, 0.29) is 6.10 Å². The van der Waals surface area contributed by atoms with E-state index < -0.39 is 0 Å². The minimum absolute atomic E-state index is 0.235. The fraction of sp³-hybridized carbons (Fsp3) is 0.636. The first-order chi connectivity index (χ1) is 7.27. The second-order valence-electron chi connectivity index (χ2n) is 3.49. The fourth-order valence-electron chi connectivity index (χ4n) is 1.43. The topological polar surface area (TPSA) is 41.5 Å². The summed E-state index contributed by atoms with van der Waals surface area (Å²) < 4.78 is 5.20. The average molecular weight is 229 g/mol. The van der Waals surface area contributed by atoms with Crippen molar-refractivity contribution in [2.45, 2.75) is 32.4 Å². The molecule has 1 unspecified atom stereocenters. The van der Waals surface area contributed by atoms with Crippen molar-refractivity contribution in [1.82, 2.24) is 5.32 Å². The molecule has 4 heteroatoms. The van der Waals surface area contributed by atoms with Crippen LogP contribution in [0.25, 0.3) is 0 Å². The van der Waals surface area contributed by atoms with Crippen LogP contribution in [0.15, 0.2) is 11.4 Å². The minimum Gasteiger partial charge on any atom is -0.496 e. The standard InChI is InChI=1S/C11H19NO2S/c1-3-4-9(13)7-12-8-11-10(14-2)5-6-15-11/h5-6,9,12-13H,3-4,7-8H2,1-2H3. The zero-order chi connectivity index (χ0) is 11.1. The normalized spacial score (nSPS) is 12.7. The first kappa shape index (κ1) is 12.5. The highest BCUT2D eigenvalue weighted by atomic mass is 32.1. The third-order valence-corrected chi connectivity index (χ3v) is 3.11. The van der Waals surface area contributed by atoms with Gasteiger partial charge in [0.15, 0.2) is 0 Å². The second kappa shape index (κ2) is 6.82. The lowest BCUT2D eigenvalue weighted by Gasteiger charge is -2.10. The van der Waals surface area contributed by atoms with Crippen molar-refractivity contribution in [3.8, 4) is 5.75 Å². The molecule has 0 aliphatic rings. The van der Waals surface area contributed by atoms with Gasteiger partial charge in [-0.2, -0.15) is 0 Å². The summed E-state index contributed by atoms with van der Waals surface area (Å²) in [6, 6.07) is 1.96. The van der Waals surface area contributed by atoms with E-state index in [0.717, 1.165) is 25.1 Å². The Morgan fingerprint density at radius 3 is 3.07 bits per heavy atom. The molecule has 0 aliphatic heterocycles. The molecule has 1 aromatic rings. The Balaban J connectivity index is 2.25. The van der Waals surface area contributed by atoms with E-state index in [2.05, 4.69) is 12.2 Å². The molecule has 0 saturated heterocycles. The molecule has 2 N–H and O–H groups in total. The molecule has 0 spiro atoms. The number of nitrogens with one attached hydrogen (secondary N) is 1. The van der Waals surface area contributed by atoms with Gasteiger partial charge in [-0.05, 0) is 17.9 Å². The monoisotopic (exact) mass is 229 g/mol. The van der Waals surface area contributed by atoms with Crippen molar-refractivity contribution in [3.05, 3.63) is 16.3 Å². The maximum atomic E-state index is 9.51. The first-order valence-electron chi connectivity index (χ1n) is 5.27. The van der Waals surface area contributed by atoms with Gasteiger partial charge in [0.1, 0.15) is 5.75 Å². The van der Waals surface area contributed by atoms with Crippen LogP contribution in [0.5, 0.6) is 5.75 Å². The summed E-state index contributed by atoms with van der Waals surface area (Å²) in [6.45, 7) is 3.49. The summed E-state index contributed by atoms with van der Waals surface area (Å²) in [5.41, 5.74) is 0. The molecule has 0 radical (unpaired) electrons. The van der Waals surface area contributed by atoms with E-state index in [0.29, 0.717) is 6.54 Å².